The molecule has 0 amide bonds. The van der Waals surface area contributed by atoms with Crippen LogP contribution in [0.2, 0.25) is 0 Å². The molecular weight excluding hydrogens is 234 g/mol. The summed E-state index contributed by atoms with van der Waals surface area (Å²) >= 11 is 0. The van der Waals surface area contributed by atoms with E-state index < -0.39 is 0 Å². The third-order valence-electron chi connectivity index (χ3n) is 3.57. The van der Waals surface area contributed by atoms with E-state index in [1.54, 1.807) is 6.07 Å². The minimum Gasteiger partial charge on any atom is -0.508 e. The number of hydrogen-bond donors (Lipinski definition) is 2. The maximum Gasteiger partial charge on any atom is 0.120 e. The molecule has 0 bridgehead atoms. The Hall–Kier alpha value is -1.96. The number of benzene rings is 2. The average Bonchev–Trinajstić information content (AvgIpc) is 2.41. The lowest BCUT2D eigenvalue weighted by Crippen LogP contribution is -2.10. The van der Waals surface area contributed by atoms with Crippen LogP contribution in [0.1, 0.15) is 36.1 Å². The topological polar surface area (TPSA) is 32.3 Å². The Bertz CT molecular complexity index is 563. The van der Waals surface area contributed by atoms with Gasteiger partial charge in [-0.2, -0.15) is 0 Å². The maximum atomic E-state index is 9.95. The van der Waals surface area contributed by atoms with Gasteiger partial charge < -0.3 is 10.4 Å². The number of aryl methyl sites for hydroxylation is 2. The van der Waals surface area contributed by atoms with Crippen molar-refractivity contribution >= 4 is 5.69 Å². The van der Waals surface area contributed by atoms with Gasteiger partial charge in [-0.15, -0.1) is 0 Å². The fourth-order valence-electron chi connectivity index (χ4n) is 2.21. The van der Waals surface area contributed by atoms with Gasteiger partial charge in [-0.05, 0) is 49.6 Å². The van der Waals surface area contributed by atoms with E-state index in [-0.39, 0.29) is 6.04 Å². The van der Waals surface area contributed by atoms with Crippen molar-refractivity contribution in [2.24, 2.45) is 0 Å². The van der Waals surface area contributed by atoms with Crippen LogP contribution in [0.4, 0.5) is 5.69 Å². The Kier molecular flexibility index (Phi) is 4.10. The van der Waals surface area contributed by atoms with E-state index in [9.17, 15) is 5.11 Å². The summed E-state index contributed by atoms with van der Waals surface area (Å²) in [4.78, 5) is 0. The monoisotopic (exact) mass is 255 g/mol. The van der Waals surface area contributed by atoms with Crippen LogP contribution >= 0.6 is 0 Å². The zero-order valence-electron chi connectivity index (χ0n) is 11.8. The molecule has 0 spiro atoms. The van der Waals surface area contributed by atoms with Crippen molar-refractivity contribution in [3.8, 4) is 5.75 Å². The number of para-hydroxylation sites is 1. The number of hydrogen-bond acceptors (Lipinski definition) is 2. The second kappa shape index (κ2) is 5.79. The molecule has 0 aliphatic rings. The fraction of sp³-hybridized carbons (Fsp3) is 0.294. The van der Waals surface area contributed by atoms with Gasteiger partial charge in [0.2, 0.25) is 0 Å². The van der Waals surface area contributed by atoms with Gasteiger partial charge in [0, 0.05) is 11.3 Å². The third-order valence-corrected chi connectivity index (χ3v) is 3.57. The van der Waals surface area contributed by atoms with Crippen LogP contribution in [0.3, 0.4) is 0 Å². The van der Waals surface area contributed by atoms with Crippen molar-refractivity contribution in [2.75, 3.05) is 5.32 Å². The van der Waals surface area contributed by atoms with Crippen LogP contribution in [0, 0.1) is 13.8 Å². The fourth-order valence-corrected chi connectivity index (χ4v) is 2.21. The first-order valence-electron chi connectivity index (χ1n) is 6.73. The summed E-state index contributed by atoms with van der Waals surface area (Å²) < 4.78 is 0. The largest absolute Gasteiger partial charge is 0.508 e. The normalized spacial score (nSPS) is 12.2. The van der Waals surface area contributed by atoms with Crippen molar-refractivity contribution < 1.29 is 5.11 Å². The van der Waals surface area contributed by atoms with Crippen molar-refractivity contribution in [3.05, 3.63) is 59.2 Å². The molecule has 0 fully saturated rings. The van der Waals surface area contributed by atoms with Crippen LogP contribution in [0.25, 0.3) is 0 Å². The minimum atomic E-state index is 0.128. The SMILES string of the molecule is CCC(Nc1ccc(C)c(C)c1)c1ccccc1O. The second-order valence-electron chi connectivity index (χ2n) is 4.96. The summed E-state index contributed by atoms with van der Waals surface area (Å²) in [6.07, 6.45) is 0.921. The van der Waals surface area contributed by atoms with E-state index in [0.717, 1.165) is 17.7 Å². The highest BCUT2D eigenvalue weighted by Gasteiger charge is 2.12. The lowest BCUT2D eigenvalue weighted by molar-refractivity contribution is 0.463. The van der Waals surface area contributed by atoms with E-state index in [2.05, 4.69) is 44.3 Å². The highest BCUT2D eigenvalue weighted by molar-refractivity contribution is 5.51. The number of anilines is 1. The van der Waals surface area contributed by atoms with E-state index in [4.69, 9.17) is 0 Å². The molecule has 0 saturated heterocycles. The zero-order chi connectivity index (χ0) is 13.8. The summed E-state index contributed by atoms with van der Waals surface area (Å²) in [5.74, 6) is 0.352. The lowest BCUT2D eigenvalue weighted by Gasteiger charge is -2.20. The Morgan fingerprint density at radius 1 is 1.05 bits per heavy atom. The number of phenols is 1. The molecule has 0 saturated carbocycles. The summed E-state index contributed by atoms with van der Waals surface area (Å²) in [7, 11) is 0. The molecule has 0 heterocycles. The molecule has 1 atom stereocenters. The smallest absolute Gasteiger partial charge is 0.120 e. The van der Waals surface area contributed by atoms with E-state index >= 15 is 0 Å². The number of nitrogens with one attached hydrogen (secondary N) is 1. The minimum absolute atomic E-state index is 0.128. The van der Waals surface area contributed by atoms with E-state index in [0.29, 0.717) is 5.75 Å². The molecule has 2 aromatic carbocycles. The van der Waals surface area contributed by atoms with Crippen molar-refractivity contribution in [1.82, 2.24) is 0 Å². The average molecular weight is 255 g/mol. The molecule has 2 aromatic rings. The number of aromatic hydroxyl groups is 1. The van der Waals surface area contributed by atoms with E-state index in [1.165, 1.54) is 11.1 Å². The Morgan fingerprint density at radius 2 is 1.79 bits per heavy atom. The standard InChI is InChI=1S/C17H21NO/c1-4-16(15-7-5-6-8-17(15)19)18-14-10-9-12(2)13(3)11-14/h5-11,16,18-19H,4H2,1-3H3. The maximum absolute atomic E-state index is 9.95. The molecule has 2 heteroatoms. The molecule has 2 rings (SSSR count). The number of rotatable bonds is 4. The third kappa shape index (κ3) is 3.08. The Labute approximate surface area is 115 Å². The molecule has 0 aromatic heterocycles. The molecule has 0 radical (unpaired) electrons. The van der Waals surface area contributed by atoms with Crippen LogP contribution in [-0.2, 0) is 0 Å². The van der Waals surface area contributed by atoms with Crippen molar-refractivity contribution in [3.63, 3.8) is 0 Å². The molecule has 2 nitrogen and oxygen atoms in total. The van der Waals surface area contributed by atoms with Crippen LogP contribution in [-0.4, -0.2) is 5.11 Å². The van der Waals surface area contributed by atoms with Crippen LogP contribution in [0.5, 0.6) is 5.75 Å². The molecule has 2 N–H and O–H groups in total. The molecule has 0 aliphatic heterocycles. The summed E-state index contributed by atoms with van der Waals surface area (Å²) in [5.41, 5.74) is 4.61. The first kappa shape index (κ1) is 13.5. The summed E-state index contributed by atoms with van der Waals surface area (Å²) in [6, 6.07) is 14.0. The predicted octanol–water partition coefficient (Wildman–Crippen LogP) is 4.57. The first-order valence-corrected chi connectivity index (χ1v) is 6.73. The summed E-state index contributed by atoms with van der Waals surface area (Å²) in [6.45, 7) is 6.34. The van der Waals surface area contributed by atoms with Gasteiger partial charge in [-0.1, -0.05) is 31.2 Å². The molecule has 100 valence electrons. The van der Waals surface area contributed by atoms with Crippen molar-refractivity contribution in [1.29, 1.82) is 0 Å². The van der Waals surface area contributed by atoms with Crippen molar-refractivity contribution in [2.45, 2.75) is 33.2 Å². The Balaban J connectivity index is 2.24. The van der Waals surface area contributed by atoms with E-state index in [1.807, 2.05) is 18.2 Å². The summed E-state index contributed by atoms with van der Waals surface area (Å²) in [5, 5.41) is 13.4. The molecule has 0 aliphatic carbocycles. The second-order valence-corrected chi connectivity index (χ2v) is 4.96. The van der Waals surface area contributed by atoms with Gasteiger partial charge in [0.15, 0.2) is 0 Å². The van der Waals surface area contributed by atoms with Gasteiger partial charge in [0.25, 0.3) is 0 Å². The molecule has 1 unspecified atom stereocenters. The van der Waals surface area contributed by atoms with Gasteiger partial charge in [0.1, 0.15) is 5.75 Å². The van der Waals surface area contributed by atoms with Gasteiger partial charge in [-0.3, -0.25) is 0 Å². The van der Waals surface area contributed by atoms with Gasteiger partial charge in [0.05, 0.1) is 6.04 Å². The van der Waals surface area contributed by atoms with Gasteiger partial charge >= 0.3 is 0 Å². The molecule has 19 heavy (non-hydrogen) atoms. The number of phenolic OH excluding ortho intramolecular Hbond substituents is 1. The highest BCUT2D eigenvalue weighted by atomic mass is 16.3. The van der Waals surface area contributed by atoms with Gasteiger partial charge in [-0.25, -0.2) is 0 Å². The Morgan fingerprint density at radius 3 is 2.42 bits per heavy atom. The zero-order valence-corrected chi connectivity index (χ0v) is 11.8. The first-order chi connectivity index (χ1) is 9.11. The lowest BCUT2D eigenvalue weighted by atomic mass is 10.0. The predicted molar refractivity (Wildman–Crippen MR) is 80.7 cm³/mol. The highest BCUT2D eigenvalue weighted by Crippen LogP contribution is 2.29. The quantitative estimate of drug-likeness (QED) is 0.838. The van der Waals surface area contributed by atoms with Crippen LogP contribution in [0.15, 0.2) is 42.5 Å². The van der Waals surface area contributed by atoms with Crippen LogP contribution < -0.4 is 5.32 Å². The molecular formula is C17H21NO.